The molecule has 0 radical (unpaired) electrons. The number of hydrogen-bond donors (Lipinski definition) is 3. The summed E-state index contributed by atoms with van der Waals surface area (Å²) in [6, 6.07) is 8.16. The van der Waals surface area contributed by atoms with Gasteiger partial charge in [0.25, 0.3) is 0 Å². The molecule has 3 aromatic rings. The van der Waals surface area contributed by atoms with Crippen LogP contribution < -0.4 is 15.4 Å². The third-order valence-electron chi connectivity index (χ3n) is 6.56. The molecular formula is C21H25N7O3S. The molecule has 32 heavy (non-hydrogen) atoms. The van der Waals surface area contributed by atoms with E-state index in [2.05, 4.69) is 20.2 Å². The molecule has 168 valence electrons. The molecule has 2 aromatic heterocycles. The molecule has 4 heterocycles. The normalized spacial score (nSPS) is 18.6. The molecule has 1 amide bonds. The highest BCUT2D eigenvalue weighted by molar-refractivity contribution is 7.89. The third-order valence-corrected chi connectivity index (χ3v) is 7.47. The second-order valence-electron chi connectivity index (χ2n) is 8.55. The Balaban J connectivity index is 1.43. The number of benzene rings is 1. The molecule has 0 aliphatic carbocycles. The number of aromatic amines is 1. The number of nitrogens with zero attached hydrogens (tertiary/aromatic N) is 4. The average Bonchev–Trinajstić information content (AvgIpc) is 3.34. The summed E-state index contributed by atoms with van der Waals surface area (Å²) in [5.41, 5.74) is 0.952. The topological polar surface area (TPSA) is 137 Å². The Bertz CT molecular complexity index is 1300. The summed E-state index contributed by atoms with van der Waals surface area (Å²) in [5.74, 6) is 1.39. The summed E-state index contributed by atoms with van der Waals surface area (Å²) < 4.78 is 23.3. The van der Waals surface area contributed by atoms with Crippen molar-refractivity contribution in [1.82, 2.24) is 19.9 Å². The predicted molar refractivity (Wildman–Crippen MR) is 121 cm³/mol. The first-order valence-electron chi connectivity index (χ1n) is 10.5. The van der Waals surface area contributed by atoms with Crippen LogP contribution in [0.15, 0.2) is 41.4 Å². The van der Waals surface area contributed by atoms with Crippen LogP contribution in [0, 0.1) is 5.41 Å². The molecule has 10 nitrogen and oxygen atoms in total. The number of sulfonamides is 1. The van der Waals surface area contributed by atoms with Crippen LogP contribution in [0.5, 0.6) is 0 Å². The standard InChI is InChI=1S/C21H25N7O3S/c1-27-10-6-21(19(27)29)7-11-28(12-8-21)18-16-5-9-23-17(16)25-20(26-18)24-14-3-2-4-15(13-14)32(22,30)31/h2-5,9,13H,6-8,10-12H2,1H3,(H2,22,30,31)(H2,23,24,25,26). The number of nitrogens with one attached hydrogen (secondary N) is 2. The van der Waals surface area contributed by atoms with Gasteiger partial charge in [0.05, 0.1) is 15.7 Å². The van der Waals surface area contributed by atoms with Gasteiger partial charge in [0.1, 0.15) is 11.5 Å². The van der Waals surface area contributed by atoms with Crippen molar-refractivity contribution >= 4 is 44.4 Å². The minimum absolute atomic E-state index is 0.0104. The number of carbonyl (C=O) groups is 1. The number of likely N-dealkylation sites (tertiary alicyclic amines) is 1. The highest BCUT2D eigenvalue weighted by Gasteiger charge is 2.47. The van der Waals surface area contributed by atoms with E-state index < -0.39 is 10.0 Å². The largest absolute Gasteiger partial charge is 0.356 e. The van der Waals surface area contributed by atoms with Gasteiger partial charge >= 0.3 is 0 Å². The Hall–Kier alpha value is -3.18. The van der Waals surface area contributed by atoms with E-state index in [-0.39, 0.29) is 16.2 Å². The number of nitrogens with two attached hydrogens (primary N) is 1. The minimum Gasteiger partial charge on any atom is -0.356 e. The van der Waals surface area contributed by atoms with Gasteiger partial charge in [0.2, 0.25) is 21.9 Å². The fourth-order valence-electron chi connectivity index (χ4n) is 4.71. The van der Waals surface area contributed by atoms with E-state index in [0.717, 1.165) is 50.1 Å². The zero-order valence-corrected chi connectivity index (χ0v) is 18.5. The molecule has 5 rings (SSSR count). The number of anilines is 3. The average molecular weight is 456 g/mol. The maximum absolute atomic E-state index is 12.7. The van der Waals surface area contributed by atoms with Crippen LogP contribution >= 0.6 is 0 Å². The van der Waals surface area contributed by atoms with Gasteiger partial charge in [-0.1, -0.05) is 6.07 Å². The summed E-state index contributed by atoms with van der Waals surface area (Å²) in [7, 11) is -1.94. The summed E-state index contributed by atoms with van der Waals surface area (Å²) >= 11 is 0. The van der Waals surface area contributed by atoms with Crippen molar-refractivity contribution < 1.29 is 13.2 Å². The van der Waals surface area contributed by atoms with Crippen molar-refractivity contribution in [3.63, 3.8) is 0 Å². The molecule has 4 N–H and O–H groups in total. The van der Waals surface area contributed by atoms with E-state index in [4.69, 9.17) is 10.1 Å². The highest BCUT2D eigenvalue weighted by Crippen LogP contribution is 2.42. The van der Waals surface area contributed by atoms with Crippen molar-refractivity contribution in [2.24, 2.45) is 10.6 Å². The lowest BCUT2D eigenvalue weighted by molar-refractivity contribution is -0.135. The van der Waals surface area contributed by atoms with Gasteiger partial charge in [-0.05, 0) is 43.5 Å². The Morgan fingerprint density at radius 1 is 1.12 bits per heavy atom. The maximum Gasteiger partial charge on any atom is 0.238 e. The summed E-state index contributed by atoms with van der Waals surface area (Å²) in [6.45, 7) is 2.29. The number of carbonyl (C=O) groups excluding carboxylic acids is 1. The fourth-order valence-corrected chi connectivity index (χ4v) is 5.27. The van der Waals surface area contributed by atoms with Crippen molar-refractivity contribution in [3.05, 3.63) is 36.5 Å². The molecule has 2 saturated heterocycles. The van der Waals surface area contributed by atoms with Crippen molar-refractivity contribution in [2.45, 2.75) is 24.2 Å². The number of amides is 1. The van der Waals surface area contributed by atoms with Crippen LogP contribution in [0.3, 0.4) is 0 Å². The van der Waals surface area contributed by atoms with Crippen molar-refractivity contribution in [2.75, 3.05) is 36.9 Å². The first-order valence-corrected chi connectivity index (χ1v) is 12.1. The van der Waals surface area contributed by atoms with E-state index in [1.165, 1.54) is 12.1 Å². The molecule has 11 heteroatoms. The van der Waals surface area contributed by atoms with Gasteiger partial charge in [-0.3, -0.25) is 4.79 Å². The number of rotatable bonds is 4. The van der Waals surface area contributed by atoms with E-state index in [1.807, 2.05) is 24.2 Å². The summed E-state index contributed by atoms with van der Waals surface area (Å²) in [5, 5.41) is 9.24. The smallest absolute Gasteiger partial charge is 0.238 e. The molecule has 0 atom stereocenters. The Morgan fingerprint density at radius 2 is 1.88 bits per heavy atom. The lowest BCUT2D eigenvalue weighted by Crippen LogP contribution is -2.44. The molecule has 1 spiro atoms. The van der Waals surface area contributed by atoms with E-state index >= 15 is 0 Å². The van der Waals surface area contributed by atoms with Crippen molar-refractivity contribution in [3.8, 4) is 0 Å². The maximum atomic E-state index is 12.7. The van der Waals surface area contributed by atoms with Gasteiger partial charge in [0, 0.05) is 38.6 Å². The van der Waals surface area contributed by atoms with Crippen molar-refractivity contribution in [1.29, 1.82) is 0 Å². The van der Waals surface area contributed by atoms with Gasteiger partial charge < -0.3 is 20.1 Å². The lowest BCUT2D eigenvalue weighted by atomic mass is 9.77. The van der Waals surface area contributed by atoms with Crippen LogP contribution in [-0.4, -0.2) is 60.9 Å². The number of primary sulfonamides is 1. The Labute approximate surface area is 185 Å². The quantitative estimate of drug-likeness (QED) is 0.545. The van der Waals surface area contributed by atoms with Gasteiger partial charge in [0.15, 0.2) is 0 Å². The molecule has 0 bridgehead atoms. The van der Waals surface area contributed by atoms with Crippen LogP contribution in [0.4, 0.5) is 17.5 Å². The number of piperidine rings is 1. The predicted octanol–water partition coefficient (Wildman–Crippen LogP) is 1.80. The molecule has 0 saturated carbocycles. The monoisotopic (exact) mass is 455 g/mol. The molecule has 0 unspecified atom stereocenters. The first kappa shape index (κ1) is 20.7. The van der Waals surface area contributed by atoms with Gasteiger partial charge in [-0.25, -0.2) is 13.6 Å². The zero-order chi connectivity index (χ0) is 22.5. The number of fused-ring (bicyclic) bond motifs is 1. The Morgan fingerprint density at radius 3 is 2.56 bits per heavy atom. The van der Waals surface area contributed by atoms with Crippen LogP contribution in [-0.2, 0) is 14.8 Å². The highest BCUT2D eigenvalue weighted by atomic mass is 32.2. The van der Waals surface area contributed by atoms with Crippen LogP contribution in [0.25, 0.3) is 11.0 Å². The summed E-state index contributed by atoms with van der Waals surface area (Å²) in [4.78, 5) is 29.1. The molecule has 2 fully saturated rings. The van der Waals surface area contributed by atoms with E-state index in [0.29, 0.717) is 17.3 Å². The summed E-state index contributed by atoms with van der Waals surface area (Å²) in [6.07, 6.45) is 4.32. The second kappa shape index (κ2) is 7.45. The van der Waals surface area contributed by atoms with E-state index in [9.17, 15) is 13.2 Å². The first-order chi connectivity index (χ1) is 15.2. The fraction of sp³-hybridized carbons (Fsp3) is 0.381. The Kier molecular flexibility index (Phi) is 4.82. The lowest BCUT2D eigenvalue weighted by Gasteiger charge is -2.38. The molecule has 2 aliphatic heterocycles. The third kappa shape index (κ3) is 3.56. The minimum atomic E-state index is -3.81. The van der Waals surface area contributed by atoms with E-state index in [1.54, 1.807) is 12.1 Å². The van der Waals surface area contributed by atoms with Crippen LogP contribution in [0.1, 0.15) is 19.3 Å². The second-order valence-corrected chi connectivity index (χ2v) is 10.1. The number of H-pyrrole nitrogens is 1. The number of aromatic nitrogens is 3. The van der Waals surface area contributed by atoms with Gasteiger partial charge in [-0.15, -0.1) is 0 Å². The molecule has 1 aromatic carbocycles. The van der Waals surface area contributed by atoms with Gasteiger partial charge in [-0.2, -0.15) is 9.97 Å². The van der Waals surface area contributed by atoms with Crippen LogP contribution in [0.2, 0.25) is 0 Å². The SMILES string of the molecule is CN1CCC2(CCN(c3nc(Nc4cccc(S(N)(=O)=O)c4)nc4[nH]ccc34)CC2)C1=O. The zero-order valence-electron chi connectivity index (χ0n) is 17.7. The number of hydrogen-bond acceptors (Lipinski definition) is 7. The molecule has 2 aliphatic rings. The molecular weight excluding hydrogens is 430 g/mol.